The van der Waals surface area contributed by atoms with Crippen molar-refractivity contribution in [3.05, 3.63) is 53.9 Å². The number of aromatic nitrogens is 1. The van der Waals surface area contributed by atoms with Crippen LogP contribution in [-0.4, -0.2) is 29.1 Å². The van der Waals surface area contributed by atoms with Gasteiger partial charge in [0.1, 0.15) is 5.75 Å². The Morgan fingerprint density at radius 3 is 2.81 bits per heavy atom. The quantitative estimate of drug-likeness (QED) is 0.750. The normalized spacial score (nSPS) is 25.4. The summed E-state index contributed by atoms with van der Waals surface area (Å²) in [5.41, 5.74) is 2.14. The fourth-order valence-electron chi connectivity index (χ4n) is 4.02. The number of unbranched alkanes of at least 4 members (excludes halogenated alkanes) is 1. The summed E-state index contributed by atoms with van der Waals surface area (Å²) in [6.45, 7) is 4.44. The molecule has 0 fully saturated rings. The van der Waals surface area contributed by atoms with Gasteiger partial charge in [-0.05, 0) is 48.2 Å². The van der Waals surface area contributed by atoms with Crippen LogP contribution in [0, 0.1) is 5.41 Å². The molecule has 140 valence electrons. The van der Waals surface area contributed by atoms with Gasteiger partial charge in [-0.3, -0.25) is 4.98 Å². The Hall–Kier alpha value is -1.52. The van der Waals surface area contributed by atoms with Crippen LogP contribution in [-0.2, 0) is 0 Å². The zero-order chi connectivity index (χ0) is 18.6. The highest BCUT2D eigenvalue weighted by Gasteiger charge is 2.44. The highest BCUT2D eigenvalue weighted by molar-refractivity contribution is 7.99. The number of benzene rings is 1. The molecule has 3 rings (SSSR count). The molecule has 0 amide bonds. The molecule has 0 bridgehead atoms. The van der Waals surface area contributed by atoms with E-state index in [2.05, 4.69) is 37.0 Å². The number of aliphatic hydroxyl groups is 1. The first-order valence-electron chi connectivity index (χ1n) is 9.54. The van der Waals surface area contributed by atoms with Crippen molar-refractivity contribution >= 4 is 11.8 Å². The third-order valence-electron chi connectivity index (χ3n) is 5.79. The minimum absolute atomic E-state index is 0.0828. The summed E-state index contributed by atoms with van der Waals surface area (Å²) >= 11 is 1.88. The van der Waals surface area contributed by atoms with Gasteiger partial charge in [-0.25, -0.2) is 0 Å². The molecule has 1 unspecified atom stereocenters. The van der Waals surface area contributed by atoms with Gasteiger partial charge in [0, 0.05) is 34.4 Å². The first-order valence-corrected chi connectivity index (χ1v) is 10.5. The molecular weight excluding hydrogens is 342 g/mol. The van der Waals surface area contributed by atoms with Crippen molar-refractivity contribution in [1.29, 1.82) is 0 Å². The van der Waals surface area contributed by atoms with Gasteiger partial charge in [-0.15, -0.1) is 11.8 Å². The number of aliphatic hydroxyl groups excluding tert-OH is 1. The van der Waals surface area contributed by atoms with E-state index >= 15 is 0 Å². The summed E-state index contributed by atoms with van der Waals surface area (Å²) in [6.07, 6.45) is 7.57. The number of pyridine rings is 1. The molecule has 0 radical (unpaired) electrons. The second kappa shape index (κ2) is 8.45. The molecule has 1 aromatic heterocycles. The summed E-state index contributed by atoms with van der Waals surface area (Å²) in [7, 11) is 1.69. The molecule has 0 spiro atoms. The van der Waals surface area contributed by atoms with Crippen molar-refractivity contribution in [3.63, 3.8) is 0 Å². The molecule has 3 atom stereocenters. The number of rotatable bonds is 6. The third-order valence-corrected chi connectivity index (χ3v) is 7.19. The smallest absolute Gasteiger partial charge is 0.119 e. The monoisotopic (exact) mass is 371 g/mol. The lowest BCUT2D eigenvalue weighted by Crippen LogP contribution is -2.40. The molecule has 1 aliphatic rings. The van der Waals surface area contributed by atoms with E-state index < -0.39 is 6.10 Å². The number of methoxy groups -OCH3 is 1. The fraction of sp³-hybridized carbons (Fsp3) is 0.500. The predicted molar refractivity (Wildman–Crippen MR) is 108 cm³/mol. The minimum Gasteiger partial charge on any atom is -0.497 e. The molecule has 1 aromatic carbocycles. The fourth-order valence-corrected chi connectivity index (χ4v) is 5.50. The van der Waals surface area contributed by atoms with E-state index in [-0.39, 0.29) is 11.3 Å². The van der Waals surface area contributed by atoms with Crippen molar-refractivity contribution in [1.82, 2.24) is 4.98 Å². The Morgan fingerprint density at radius 1 is 1.31 bits per heavy atom. The van der Waals surface area contributed by atoms with E-state index in [9.17, 15) is 5.11 Å². The third kappa shape index (κ3) is 3.63. The first kappa shape index (κ1) is 19.2. The first-order chi connectivity index (χ1) is 12.6. The van der Waals surface area contributed by atoms with Crippen LogP contribution < -0.4 is 4.74 Å². The van der Waals surface area contributed by atoms with E-state index in [0.29, 0.717) is 0 Å². The Balaban J connectivity index is 2.13. The molecule has 2 aromatic rings. The minimum atomic E-state index is -0.441. The van der Waals surface area contributed by atoms with Gasteiger partial charge in [-0.2, -0.15) is 0 Å². The van der Waals surface area contributed by atoms with Crippen LogP contribution >= 0.6 is 11.8 Å². The van der Waals surface area contributed by atoms with Crippen LogP contribution in [0.5, 0.6) is 5.75 Å². The average Bonchev–Trinajstić information content (AvgIpc) is 2.81. The number of hydrogen-bond donors (Lipinski definition) is 1. The Morgan fingerprint density at radius 2 is 2.15 bits per heavy atom. The van der Waals surface area contributed by atoms with Crippen molar-refractivity contribution in [2.45, 2.75) is 56.4 Å². The van der Waals surface area contributed by atoms with Gasteiger partial charge in [-0.1, -0.05) is 32.8 Å². The molecule has 3 nitrogen and oxygen atoms in total. The topological polar surface area (TPSA) is 42.4 Å². The van der Waals surface area contributed by atoms with Crippen molar-refractivity contribution < 1.29 is 9.84 Å². The van der Waals surface area contributed by atoms with Crippen molar-refractivity contribution in [2.75, 3.05) is 12.9 Å². The van der Waals surface area contributed by atoms with Gasteiger partial charge in [0.05, 0.1) is 13.2 Å². The molecule has 0 saturated carbocycles. The number of hydrogen-bond acceptors (Lipinski definition) is 4. The predicted octanol–water partition coefficient (Wildman–Crippen LogP) is 5.28. The highest BCUT2D eigenvalue weighted by atomic mass is 32.2. The highest BCUT2D eigenvalue weighted by Crippen LogP contribution is 2.51. The summed E-state index contributed by atoms with van der Waals surface area (Å²) < 4.78 is 5.48. The maximum atomic E-state index is 11.7. The van der Waals surface area contributed by atoms with Crippen LogP contribution in [0.1, 0.15) is 56.6 Å². The summed E-state index contributed by atoms with van der Waals surface area (Å²) in [6, 6.07) is 10.3. The largest absolute Gasteiger partial charge is 0.497 e. The lowest BCUT2D eigenvalue weighted by Gasteiger charge is -2.39. The molecule has 26 heavy (non-hydrogen) atoms. The Kier molecular flexibility index (Phi) is 6.25. The van der Waals surface area contributed by atoms with Crippen LogP contribution in [0.4, 0.5) is 0 Å². The van der Waals surface area contributed by atoms with E-state index in [0.717, 1.165) is 48.3 Å². The number of nitrogens with zero attached hydrogens (tertiary/aromatic N) is 1. The van der Waals surface area contributed by atoms with Crippen molar-refractivity contribution in [2.24, 2.45) is 5.41 Å². The second-order valence-electron chi connectivity index (χ2n) is 7.22. The van der Waals surface area contributed by atoms with Crippen LogP contribution in [0.2, 0.25) is 0 Å². The maximum Gasteiger partial charge on any atom is 0.119 e. The number of ether oxygens (including phenoxy) is 1. The van der Waals surface area contributed by atoms with Gasteiger partial charge < -0.3 is 9.84 Å². The Labute approximate surface area is 161 Å². The van der Waals surface area contributed by atoms with Crippen LogP contribution in [0.25, 0.3) is 0 Å². The molecule has 1 aliphatic heterocycles. The maximum absolute atomic E-state index is 11.7. The summed E-state index contributed by atoms with van der Waals surface area (Å²) in [5.74, 6) is 1.70. The van der Waals surface area contributed by atoms with Gasteiger partial charge in [0.25, 0.3) is 0 Å². The number of thioether (sulfide) groups is 1. The van der Waals surface area contributed by atoms with Gasteiger partial charge in [0.2, 0.25) is 0 Å². The van der Waals surface area contributed by atoms with E-state index in [1.165, 1.54) is 4.90 Å². The standard InChI is InChI=1S/C22H29NO2S/c1-4-6-11-22(5-2)15-26-19-10-9-17(25-3)13-18(19)20(21(22)24)16-8-7-12-23-14-16/h7-10,12-14,20-21,24H,4-6,11,15H2,1-3H3/t20-,21-,22?/m1/s1. The van der Waals surface area contributed by atoms with Gasteiger partial charge >= 0.3 is 0 Å². The molecule has 4 heteroatoms. The Bertz CT molecular complexity index is 721. The SMILES string of the molecule is CCCCC1(CC)CSc2ccc(OC)cc2[C@@H](c2cccnc2)[C@H]1O. The zero-order valence-corrected chi connectivity index (χ0v) is 16.8. The number of fused-ring (bicyclic) bond motifs is 1. The van der Waals surface area contributed by atoms with Gasteiger partial charge in [0.15, 0.2) is 0 Å². The van der Waals surface area contributed by atoms with Crippen LogP contribution in [0.3, 0.4) is 0 Å². The van der Waals surface area contributed by atoms with E-state index in [1.807, 2.05) is 30.1 Å². The summed E-state index contributed by atoms with van der Waals surface area (Å²) in [5, 5.41) is 11.7. The summed E-state index contributed by atoms with van der Waals surface area (Å²) in [4.78, 5) is 5.57. The van der Waals surface area contributed by atoms with E-state index in [4.69, 9.17) is 4.74 Å². The van der Waals surface area contributed by atoms with E-state index in [1.54, 1.807) is 13.3 Å². The zero-order valence-electron chi connectivity index (χ0n) is 15.9. The lowest BCUT2D eigenvalue weighted by atomic mass is 9.69. The molecule has 2 heterocycles. The molecular formula is C22H29NO2S. The molecule has 1 N–H and O–H groups in total. The lowest BCUT2D eigenvalue weighted by molar-refractivity contribution is 0.0181. The molecule has 0 aliphatic carbocycles. The average molecular weight is 372 g/mol. The van der Waals surface area contributed by atoms with Crippen LogP contribution in [0.15, 0.2) is 47.6 Å². The van der Waals surface area contributed by atoms with Crippen molar-refractivity contribution in [3.8, 4) is 5.75 Å². The second-order valence-corrected chi connectivity index (χ2v) is 8.24. The molecule has 0 saturated heterocycles.